The molecule has 116 valence electrons. The molecular weight excluding hydrogens is 270 g/mol. The maximum Gasteiger partial charge on any atom is 0.348 e. The lowest BCUT2D eigenvalue weighted by Crippen LogP contribution is -2.43. The first kappa shape index (κ1) is 17.0. The zero-order valence-corrected chi connectivity index (χ0v) is 13.2. The number of aryl methyl sites for hydroxylation is 2. The van der Waals surface area contributed by atoms with Crippen molar-refractivity contribution in [2.75, 3.05) is 0 Å². The first-order valence-electron chi connectivity index (χ1n) is 7.03. The number of carboxylic acid groups (broad SMARTS) is 1. The fraction of sp³-hybridized carbons (Fsp3) is 0.500. The van der Waals surface area contributed by atoms with E-state index < -0.39 is 11.6 Å². The van der Waals surface area contributed by atoms with Crippen LogP contribution in [0.4, 0.5) is 0 Å². The number of carbonyl (C=O) groups is 1. The molecule has 0 heterocycles. The minimum absolute atomic E-state index is 0.370. The zero-order chi connectivity index (χ0) is 16.2. The highest BCUT2D eigenvalue weighted by molar-refractivity contribution is 5.85. The van der Waals surface area contributed by atoms with Crippen molar-refractivity contribution in [2.45, 2.75) is 53.1 Å². The van der Waals surface area contributed by atoms with E-state index in [1.807, 2.05) is 26.8 Å². The Morgan fingerprint density at radius 2 is 1.86 bits per heavy atom. The van der Waals surface area contributed by atoms with Gasteiger partial charge < -0.3 is 15.1 Å². The summed E-state index contributed by atoms with van der Waals surface area (Å²) in [5, 5.41) is 21.4. The quantitative estimate of drug-likeness (QED) is 0.478. The van der Waals surface area contributed by atoms with Gasteiger partial charge in [-0.1, -0.05) is 25.1 Å². The van der Waals surface area contributed by atoms with Crippen molar-refractivity contribution in [1.82, 2.24) is 0 Å². The van der Waals surface area contributed by atoms with Crippen LogP contribution in [0.3, 0.4) is 0 Å². The van der Waals surface area contributed by atoms with Gasteiger partial charge in [0.1, 0.15) is 5.75 Å². The van der Waals surface area contributed by atoms with Gasteiger partial charge in [0.05, 0.1) is 6.21 Å². The van der Waals surface area contributed by atoms with Crippen molar-refractivity contribution in [3.05, 3.63) is 28.3 Å². The highest BCUT2D eigenvalue weighted by atomic mass is 16.5. The number of oxime groups is 1. The minimum Gasteiger partial charge on any atom is -0.478 e. The van der Waals surface area contributed by atoms with Crippen LogP contribution in [0, 0.1) is 20.8 Å². The van der Waals surface area contributed by atoms with Crippen molar-refractivity contribution in [2.24, 2.45) is 5.16 Å². The van der Waals surface area contributed by atoms with E-state index in [4.69, 9.17) is 9.94 Å². The lowest BCUT2D eigenvalue weighted by atomic mass is 9.95. The first-order chi connectivity index (χ1) is 9.82. The maximum absolute atomic E-state index is 11.6. The van der Waals surface area contributed by atoms with Crippen molar-refractivity contribution in [1.29, 1.82) is 0 Å². The summed E-state index contributed by atoms with van der Waals surface area (Å²) in [6, 6.07) is 1.90. The van der Waals surface area contributed by atoms with Crippen molar-refractivity contribution < 1.29 is 19.8 Å². The number of aliphatic carboxylic acids is 1. The SMILES string of the molecule is CCC(CC)(Oc1c(C)cc(C)c(/C=N\O)c1C)C(=O)O. The predicted molar refractivity (Wildman–Crippen MR) is 81.6 cm³/mol. The predicted octanol–water partition coefficient (Wildman–Crippen LogP) is 3.44. The van der Waals surface area contributed by atoms with Gasteiger partial charge in [0.25, 0.3) is 0 Å². The van der Waals surface area contributed by atoms with E-state index in [1.54, 1.807) is 13.8 Å². The smallest absolute Gasteiger partial charge is 0.348 e. The topological polar surface area (TPSA) is 79.1 Å². The molecule has 0 aliphatic carbocycles. The second-order valence-corrected chi connectivity index (χ2v) is 5.23. The van der Waals surface area contributed by atoms with E-state index in [0.717, 1.165) is 22.3 Å². The average molecular weight is 293 g/mol. The molecule has 0 radical (unpaired) electrons. The third-order valence-corrected chi connectivity index (χ3v) is 3.98. The molecule has 0 unspecified atom stereocenters. The molecule has 1 rings (SSSR count). The van der Waals surface area contributed by atoms with Crippen LogP contribution in [-0.2, 0) is 4.79 Å². The third kappa shape index (κ3) is 3.17. The molecule has 5 nitrogen and oxygen atoms in total. The normalized spacial score (nSPS) is 11.9. The number of carboxylic acids is 1. The van der Waals surface area contributed by atoms with Crippen molar-refractivity contribution in [3.8, 4) is 5.75 Å². The molecule has 0 fully saturated rings. The molecule has 1 aromatic rings. The van der Waals surface area contributed by atoms with Crippen LogP contribution in [0.1, 0.15) is 48.9 Å². The van der Waals surface area contributed by atoms with Gasteiger partial charge >= 0.3 is 5.97 Å². The Bertz CT molecular complexity index is 560. The van der Waals surface area contributed by atoms with Gasteiger partial charge in [-0.15, -0.1) is 0 Å². The Kier molecular flexibility index (Phi) is 5.35. The second-order valence-electron chi connectivity index (χ2n) is 5.23. The van der Waals surface area contributed by atoms with E-state index >= 15 is 0 Å². The fourth-order valence-corrected chi connectivity index (χ4v) is 2.53. The molecule has 0 aromatic heterocycles. The third-order valence-electron chi connectivity index (χ3n) is 3.98. The van der Waals surface area contributed by atoms with Crippen LogP contribution in [0.5, 0.6) is 5.75 Å². The summed E-state index contributed by atoms with van der Waals surface area (Å²) in [4.78, 5) is 11.6. The molecule has 5 heteroatoms. The maximum atomic E-state index is 11.6. The second kappa shape index (κ2) is 6.61. The number of rotatable bonds is 6. The van der Waals surface area contributed by atoms with E-state index in [-0.39, 0.29) is 0 Å². The molecular formula is C16H23NO4. The molecule has 0 saturated carbocycles. The molecule has 1 aromatic carbocycles. The van der Waals surface area contributed by atoms with Gasteiger partial charge in [0.15, 0.2) is 0 Å². The summed E-state index contributed by atoms with van der Waals surface area (Å²) in [6.45, 7) is 9.22. The summed E-state index contributed by atoms with van der Waals surface area (Å²) < 4.78 is 5.92. The van der Waals surface area contributed by atoms with E-state index in [9.17, 15) is 9.90 Å². The highest BCUT2D eigenvalue weighted by Crippen LogP contribution is 2.33. The molecule has 0 saturated heterocycles. The minimum atomic E-state index is -1.24. The Morgan fingerprint density at radius 1 is 1.29 bits per heavy atom. The monoisotopic (exact) mass is 293 g/mol. The van der Waals surface area contributed by atoms with Crippen LogP contribution >= 0.6 is 0 Å². The molecule has 0 aliphatic rings. The van der Waals surface area contributed by atoms with Gasteiger partial charge in [-0.25, -0.2) is 4.79 Å². The van der Waals surface area contributed by atoms with Crippen molar-refractivity contribution >= 4 is 12.2 Å². The number of hydrogen-bond donors (Lipinski definition) is 2. The van der Waals surface area contributed by atoms with Crippen LogP contribution in [-0.4, -0.2) is 28.1 Å². The van der Waals surface area contributed by atoms with Gasteiger partial charge in [-0.3, -0.25) is 0 Å². The highest BCUT2D eigenvalue weighted by Gasteiger charge is 2.38. The van der Waals surface area contributed by atoms with Crippen LogP contribution in [0.15, 0.2) is 11.2 Å². The summed E-state index contributed by atoms with van der Waals surface area (Å²) >= 11 is 0. The van der Waals surface area contributed by atoms with E-state index in [2.05, 4.69) is 5.16 Å². The number of benzene rings is 1. The number of ether oxygens (including phenoxy) is 1. The van der Waals surface area contributed by atoms with Gasteiger partial charge in [-0.2, -0.15) is 0 Å². The van der Waals surface area contributed by atoms with Gasteiger partial charge in [0.2, 0.25) is 5.60 Å². The molecule has 2 N–H and O–H groups in total. The lowest BCUT2D eigenvalue weighted by Gasteiger charge is -2.30. The van der Waals surface area contributed by atoms with Gasteiger partial charge in [0, 0.05) is 11.1 Å². The molecule has 0 aliphatic heterocycles. The first-order valence-corrected chi connectivity index (χ1v) is 7.03. The molecule has 21 heavy (non-hydrogen) atoms. The van der Waals surface area contributed by atoms with Crippen molar-refractivity contribution in [3.63, 3.8) is 0 Å². The Hall–Kier alpha value is -2.04. The number of nitrogens with zero attached hydrogens (tertiary/aromatic N) is 1. The molecule has 0 atom stereocenters. The number of hydrogen-bond acceptors (Lipinski definition) is 4. The van der Waals surface area contributed by atoms with Crippen LogP contribution < -0.4 is 4.74 Å². The summed E-state index contributed by atoms with van der Waals surface area (Å²) in [5.74, 6) is -0.425. The Labute approximate surface area is 125 Å². The van der Waals surface area contributed by atoms with E-state index in [1.165, 1.54) is 6.21 Å². The summed E-state index contributed by atoms with van der Waals surface area (Å²) in [6.07, 6.45) is 2.08. The largest absolute Gasteiger partial charge is 0.478 e. The summed E-state index contributed by atoms with van der Waals surface area (Å²) in [7, 11) is 0. The van der Waals surface area contributed by atoms with Gasteiger partial charge in [-0.05, 0) is 44.7 Å². The van der Waals surface area contributed by atoms with Crippen LogP contribution in [0.2, 0.25) is 0 Å². The Morgan fingerprint density at radius 3 is 2.29 bits per heavy atom. The molecule has 0 amide bonds. The molecule has 0 spiro atoms. The summed E-state index contributed by atoms with van der Waals surface area (Å²) in [5.41, 5.74) is 2.09. The standard InChI is InChI=1S/C16H23NO4/c1-6-16(7-2,15(18)19)21-14-11(4)8-10(3)13(9-17-20)12(14)5/h8-9,20H,6-7H2,1-5H3,(H,18,19)/b17-9-. The average Bonchev–Trinajstić information content (AvgIpc) is 2.44. The lowest BCUT2D eigenvalue weighted by molar-refractivity contribution is -0.156. The fourth-order valence-electron chi connectivity index (χ4n) is 2.53. The Balaban J connectivity index is 3.43. The zero-order valence-electron chi connectivity index (χ0n) is 13.2. The van der Waals surface area contributed by atoms with E-state index in [0.29, 0.717) is 18.6 Å². The van der Waals surface area contributed by atoms with Crippen LogP contribution in [0.25, 0.3) is 0 Å². The molecule has 0 bridgehead atoms.